The zero-order chi connectivity index (χ0) is 15.3. The molecule has 5 nitrogen and oxygen atoms in total. The molecule has 0 aromatic heterocycles. The second-order valence-corrected chi connectivity index (χ2v) is 6.80. The highest BCUT2D eigenvalue weighted by molar-refractivity contribution is 9.10. The summed E-state index contributed by atoms with van der Waals surface area (Å²) in [6.07, 6.45) is 1.51. The van der Waals surface area contributed by atoms with Crippen molar-refractivity contribution in [1.29, 1.82) is 0 Å². The first kappa shape index (κ1) is 17.1. The quantitative estimate of drug-likeness (QED) is 0.775. The molecule has 0 radical (unpaired) electrons. The molecule has 112 valence electrons. The van der Waals surface area contributed by atoms with Crippen LogP contribution in [0.1, 0.15) is 26.2 Å². The summed E-state index contributed by atoms with van der Waals surface area (Å²) in [5.41, 5.74) is 0. The van der Waals surface area contributed by atoms with Gasteiger partial charge in [0.25, 0.3) is 0 Å². The summed E-state index contributed by atoms with van der Waals surface area (Å²) in [7, 11) is -4.07. The Morgan fingerprint density at radius 1 is 1.50 bits per heavy atom. The van der Waals surface area contributed by atoms with Crippen molar-refractivity contribution in [2.75, 3.05) is 0 Å². The lowest BCUT2D eigenvalue weighted by atomic mass is 10.1. The normalized spacial score (nSPS) is 13.2. The summed E-state index contributed by atoms with van der Waals surface area (Å²) in [4.78, 5) is 10.7. The summed E-state index contributed by atoms with van der Waals surface area (Å²) < 4.78 is 39.6. The molecule has 8 heteroatoms. The standard InChI is InChI=1S/C12H15BrFNO4S/c1-2-3-4-11(12(16)17)15-20(18,19)8-5-6-9(13)10(14)7-8/h5-7,11,15H,2-4H2,1H3,(H,16,17). The molecule has 1 unspecified atom stereocenters. The van der Waals surface area contributed by atoms with Gasteiger partial charge in [0.2, 0.25) is 10.0 Å². The lowest BCUT2D eigenvalue weighted by Crippen LogP contribution is -2.40. The molecular formula is C12H15BrFNO4S. The molecule has 0 heterocycles. The maximum absolute atomic E-state index is 13.4. The fourth-order valence-electron chi connectivity index (χ4n) is 1.54. The molecule has 0 aliphatic rings. The number of hydrogen-bond donors (Lipinski definition) is 2. The zero-order valence-corrected chi connectivity index (χ0v) is 13.2. The number of carboxylic acid groups (broad SMARTS) is 1. The summed E-state index contributed by atoms with van der Waals surface area (Å²) in [6.45, 7) is 1.87. The van der Waals surface area contributed by atoms with Gasteiger partial charge in [-0.05, 0) is 40.5 Å². The first-order chi connectivity index (χ1) is 9.27. The number of halogens is 2. The number of carboxylic acids is 1. The van der Waals surface area contributed by atoms with Gasteiger partial charge < -0.3 is 5.11 Å². The molecule has 20 heavy (non-hydrogen) atoms. The molecule has 0 saturated carbocycles. The molecular weight excluding hydrogens is 353 g/mol. The maximum atomic E-state index is 13.4. The molecule has 0 bridgehead atoms. The molecule has 0 amide bonds. The molecule has 0 fully saturated rings. The number of aliphatic carboxylic acids is 1. The number of hydrogen-bond acceptors (Lipinski definition) is 3. The highest BCUT2D eigenvalue weighted by Crippen LogP contribution is 2.19. The number of carbonyl (C=O) groups is 1. The number of benzene rings is 1. The van der Waals surface area contributed by atoms with Crippen molar-refractivity contribution in [3.8, 4) is 0 Å². The number of nitrogens with one attached hydrogen (secondary N) is 1. The molecule has 1 atom stereocenters. The Hall–Kier alpha value is -0.990. The van der Waals surface area contributed by atoms with E-state index < -0.39 is 27.9 Å². The van der Waals surface area contributed by atoms with Gasteiger partial charge in [-0.25, -0.2) is 12.8 Å². The Labute approximate surface area is 125 Å². The van der Waals surface area contributed by atoms with Crippen molar-refractivity contribution in [3.05, 3.63) is 28.5 Å². The first-order valence-corrected chi connectivity index (χ1v) is 8.25. The maximum Gasteiger partial charge on any atom is 0.321 e. The number of rotatable bonds is 7. The first-order valence-electron chi connectivity index (χ1n) is 5.98. The summed E-state index contributed by atoms with van der Waals surface area (Å²) in [5.74, 6) is -1.98. The summed E-state index contributed by atoms with van der Waals surface area (Å²) >= 11 is 2.92. The highest BCUT2D eigenvalue weighted by atomic mass is 79.9. The van der Waals surface area contributed by atoms with E-state index in [0.717, 1.165) is 12.5 Å². The van der Waals surface area contributed by atoms with Crippen LogP contribution in [0, 0.1) is 5.82 Å². The molecule has 0 spiro atoms. The van der Waals surface area contributed by atoms with E-state index in [0.29, 0.717) is 6.42 Å². The molecule has 2 N–H and O–H groups in total. The van der Waals surface area contributed by atoms with Gasteiger partial charge >= 0.3 is 5.97 Å². The van der Waals surface area contributed by atoms with Gasteiger partial charge in [0.05, 0.1) is 9.37 Å². The van der Waals surface area contributed by atoms with Crippen LogP contribution in [0.5, 0.6) is 0 Å². The van der Waals surface area contributed by atoms with Crippen molar-refractivity contribution >= 4 is 31.9 Å². The third kappa shape index (κ3) is 4.53. The van der Waals surface area contributed by atoms with Gasteiger partial charge in [0, 0.05) is 0 Å². The van der Waals surface area contributed by atoms with Gasteiger partial charge in [0.15, 0.2) is 0 Å². The minimum Gasteiger partial charge on any atom is -0.480 e. The number of unbranched alkanes of at least 4 members (excludes halogenated alkanes) is 1. The number of sulfonamides is 1. The Kier molecular flexibility index (Phi) is 6.09. The van der Waals surface area contributed by atoms with Crippen LogP contribution in [0.3, 0.4) is 0 Å². The van der Waals surface area contributed by atoms with Crippen LogP contribution in [-0.4, -0.2) is 25.5 Å². The predicted octanol–water partition coefficient (Wildman–Crippen LogP) is 2.51. The van der Waals surface area contributed by atoms with Gasteiger partial charge in [-0.1, -0.05) is 19.8 Å². The monoisotopic (exact) mass is 367 g/mol. The van der Waals surface area contributed by atoms with E-state index in [1.807, 2.05) is 6.92 Å². The van der Waals surface area contributed by atoms with Gasteiger partial charge in [-0.2, -0.15) is 4.72 Å². The average Bonchev–Trinajstić information content (AvgIpc) is 2.37. The van der Waals surface area contributed by atoms with Crippen LogP contribution >= 0.6 is 15.9 Å². The van der Waals surface area contributed by atoms with Crippen molar-refractivity contribution < 1.29 is 22.7 Å². The smallest absolute Gasteiger partial charge is 0.321 e. The Balaban J connectivity index is 2.97. The fraction of sp³-hybridized carbons (Fsp3) is 0.417. The Morgan fingerprint density at radius 3 is 2.65 bits per heavy atom. The summed E-state index contributed by atoms with van der Waals surface area (Å²) in [6, 6.07) is 2.08. The molecule has 1 aromatic rings. The molecule has 0 aliphatic carbocycles. The molecule has 1 rings (SSSR count). The van der Waals surface area contributed by atoms with Crippen LogP contribution in [0.2, 0.25) is 0 Å². The van der Waals surface area contributed by atoms with Crippen molar-refractivity contribution in [3.63, 3.8) is 0 Å². The average molecular weight is 368 g/mol. The third-order valence-corrected chi connectivity index (χ3v) is 4.76. The summed E-state index contributed by atoms with van der Waals surface area (Å²) in [5, 5.41) is 9.00. The van der Waals surface area contributed by atoms with E-state index in [9.17, 15) is 17.6 Å². The second kappa shape index (κ2) is 7.14. The van der Waals surface area contributed by atoms with E-state index >= 15 is 0 Å². The zero-order valence-electron chi connectivity index (χ0n) is 10.8. The highest BCUT2D eigenvalue weighted by Gasteiger charge is 2.25. The van der Waals surface area contributed by atoms with Gasteiger partial charge in [-0.3, -0.25) is 4.79 Å². The largest absolute Gasteiger partial charge is 0.480 e. The Morgan fingerprint density at radius 2 is 2.15 bits per heavy atom. The van der Waals surface area contributed by atoms with Crippen LogP contribution in [0.15, 0.2) is 27.6 Å². The topological polar surface area (TPSA) is 83.5 Å². The Bertz CT molecular complexity index is 591. The molecule has 0 saturated heterocycles. The minimum atomic E-state index is -4.07. The third-order valence-electron chi connectivity index (χ3n) is 2.64. The van der Waals surface area contributed by atoms with Crippen molar-refractivity contribution in [2.45, 2.75) is 37.1 Å². The van der Waals surface area contributed by atoms with Crippen LogP contribution in [0.25, 0.3) is 0 Å². The second-order valence-electron chi connectivity index (χ2n) is 4.23. The lowest BCUT2D eigenvalue weighted by molar-refractivity contribution is -0.139. The van der Waals surface area contributed by atoms with E-state index in [4.69, 9.17) is 5.11 Å². The van der Waals surface area contributed by atoms with E-state index in [1.165, 1.54) is 12.1 Å². The lowest BCUT2D eigenvalue weighted by Gasteiger charge is -2.14. The van der Waals surface area contributed by atoms with Gasteiger partial charge in [0.1, 0.15) is 11.9 Å². The van der Waals surface area contributed by atoms with Crippen LogP contribution in [0.4, 0.5) is 4.39 Å². The van der Waals surface area contributed by atoms with E-state index in [1.54, 1.807) is 0 Å². The molecule has 1 aromatic carbocycles. The van der Waals surface area contributed by atoms with Gasteiger partial charge in [-0.15, -0.1) is 0 Å². The van der Waals surface area contributed by atoms with Crippen LogP contribution < -0.4 is 4.72 Å². The van der Waals surface area contributed by atoms with E-state index in [-0.39, 0.29) is 15.8 Å². The van der Waals surface area contributed by atoms with Crippen molar-refractivity contribution in [2.24, 2.45) is 0 Å². The fourth-order valence-corrected chi connectivity index (χ4v) is 3.02. The minimum absolute atomic E-state index is 0.136. The van der Waals surface area contributed by atoms with Crippen molar-refractivity contribution in [1.82, 2.24) is 4.72 Å². The predicted molar refractivity (Wildman–Crippen MR) is 75.4 cm³/mol. The molecule has 0 aliphatic heterocycles. The van der Waals surface area contributed by atoms with E-state index in [2.05, 4.69) is 20.7 Å². The SMILES string of the molecule is CCCCC(NS(=O)(=O)c1ccc(Br)c(F)c1)C(=O)O. The van der Waals surface area contributed by atoms with Crippen LogP contribution in [-0.2, 0) is 14.8 Å².